The molecule has 1 rings (SSSR count). The third-order valence-corrected chi connectivity index (χ3v) is 2.08. The van der Waals surface area contributed by atoms with Crippen LogP contribution in [0.5, 0.6) is 0 Å². The summed E-state index contributed by atoms with van der Waals surface area (Å²) in [7, 11) is 0. The monoisotopic (exact) mass is 199 g/mol. The second kappa shape index (κ2) is 3.62. The minimum Gasteiger partial charge on any atom is -0.356 e. The van der Waals surface area contributed by atoms with Crippen LogP contribution in [0.25, 0.3) is 0 Å². The fourth-order valence-electron chi connectivity index (χ4n) is 0.841. The fourth-order valence-corrected chi connectivity index (χ4v) is 1.76. The SMILES string of the molecule is CC(C)c1nsc(NC(C)(C)C)n1. The summed E-state index contributed by atoms with van der Waals surface area (Å²) in [5.74, 6) is 1.34. The molecule has 0 saturated heterocycles. The van der Waals surface area contributed by atoms with E-state index in [1.54, 1.807) is 0 Å². The van der Waals surface area contributed by atoms with Gasteiger partial charge in [0.15, 0.2) is 0 Å². The quantitative estimate of drug-likeness (QED) is 0.796. The van der Waals surface area contributed by atoms with E-state index in [4.69, 9.17) is 0 Å². The summed E-state index contributed by atoms with van der Waals surface area (Å²) in [4.78, 5) is 4.39. The first kappa shape index (κ1) is 10.4. The molecule has 0 bridgehead atoms. The summed E-state index contributed by atoms with van der Waals surface area (Å²) in [5, 5.41) is 4.21. The number of rotatable bonds is 2. The van der Waals surface area contributed by atoms with Gasteiger partial charge in [0, 0.05) is 23.0 Å². The molecule has 0 unspecified atom stereocenters. The third-order valence-electron chi connectivity index (χ3n) is 1.44. The molecule has 0 fully saturated rings. The molecule has 0 atom stereocenters. The zero-order chi connectivity index (χ0) is 10.1. The highest BCUT2D eigenvalue weighted by atomic mass is 32.1. The smallest absolute Gasteiger partial charge is 0.202 e. The van der Waals surface area contributed by atoms with Crippen LogP contribution in [0.15, 0.2) is 0 Å². The molecule has 4 heteroatoms. The van der Waals surface area contributed by atoms with Gasteiger partial charge < -0.3 is 5.32 Å². The van der Waals surface area contributed by atoms with Crippen molar-refractivity contribution in [2.45, 2.75) is 46.1 Å². The van der Waals surface area contributed by atoms with Crippen molar-refractivity contribution >= 4 is 16.7 Å². The average Bonchev–Trinajstić information content (AvgIpc) is 2.31. The summed E-state index contributed by atoms with van der Waals surface area (Å²) in [5.41, 5.74) is 0.0633. The first-order valence-electron chi connectivity index (χ1n) is 4.50. The molecule has 0 aliphatic heterocycles. The highest BCUT2D eigenvalue weighted by Crippen LogP contribution is 2.20. The largest absolute Gasteiger partial charge is 0.356 e. The van der Waals surface area contributed by atoms with E-state index in [0.717, 1.165) is 11.0 Å². The normalized spacial score (nSPS) is 12.2. The van der Waals surface area contributed by atoms with E-state index >= 15 is 0 Å². The molecule has 3 nitrogen and oxygen atoms in total. The van der Waals surface area contributed by atoms with Crippen molar-refractivity contribution in [2.24, 2.45) is 0 Å². The van der Waals surface area contributed by atoms with Gasteiger partial charge in [0.05, 0.1) is 0 Å². The Bertz CT molecular complexity index is 273. The number of hydrogen-bond acceptors (Lipinski definition) is 4. The minimum atomic E-state index is 0.0633. The second-order valence-corrected chi connectivity index (χ2v) is 5.24. The van der Waals surface area contributed by atoms with Gasteiger partial charge in [0.25, 0.3) is 0 Å². The number of anilines is 1. The van der Waals surface area contributed by atoms with Crippen LogP contribution in [0.3, 0.4) is 0 Å². The number of hydrogen-bond donors (Lipinski definition) is 1. The van der Waals surface area contributed by atoms with Crippen LogP contribution in [0.2, 0.25) is 0 Å². The Kier molecular flexibility index (Phi) is 2.91. The fraction of sp³-hybridized carbons (Fsp3) is 0.778. The summed E-state index contributed by atoms with van der Waals surface area (Å²) < 4.78 is 4.27. The van der Waals surface area contributed by atoms with Crippen LogP contribution in [0.1, 0.15) is 46.4 Å². The van der Waals surface area contributed by atoms with Crippen molar-refractivity contribution in [3.63, 3.8) is 0 Å². The molecule has 1 N–H and O–H groups in total. The van der Waals surface area contributed by atoms with Crippen molar-refractivity contribution in [3.05, 3.63) is 5.82 Å². The van der Waals surface area contributed by atoms with Gasteiger partial charge in [-0.2, -0.15) is 4.37 Å². The van der Waals surface area contributed by atoms with Crippen molar-refractivity contribution < 1.29 is 0 Å². The van der Waals surface area contributed by atoms with Crippen molar-refractivity contribution in [1.82, 2.24) is 9.36 Å². The first-order valence-corrected chi connectivity index (χ1v) is 5.27. The topological polar surface area (TPSA) is 37.8 Å². The minimum absolute atomic E-state index is 0.0633. The van der Waals surface area contributed by atoms with Crippen LogP contribution in [0.4, 0.5) is 5.13 Å². The molecule has 1 aromatic rings. The number of aromatic nitrogens is 2. The number of nitrogens with one attached hydrogen (secondary N) is 1. The molecule has 0 aromatic carbocycles. The molecule has 0 saturated carbocycles. The van der Waals surface area contributed by atoms with E-state index in [9.17, 15) is 0 Å². The molecule has 0 aliphatic carbocycles. The zero-order valence-electron chi connectivity index (χ0n) is 8.88. The second-order valence-electron chi connectivity index (χ2n) is 4.49. The van der Waals surface area contributed by atoms with Crippen LogP contribution in [-0.4, -0.2) is 14.9 Å². The first-order chi connectivity index (χ1) is 5.88. The van der Waals surface area contributed by atoms with Crippen molar-refractivity contribution in [1.29, 1.82) is 0 Å². The summed E-state index contributed by atoms with van der Waals surface area (Å²) in [6, 6.07) is 0. The third kappa shape index (κ3) is 3.30. The Labute approximate surface area is 83.8 Å². The molecule has 74 valence electrons. The van der Waals surface area contributed by atoms with Gasteiger partial charge in [-0.25, -0.2) is 4.98 Å². The lowest BCUT2D eigenvalue weighted by atomic mass is 10.1. The number of nitrogens with zero attached hydrogens (tertiary/aromatic N) is 2. The Morgan fingerprint density at radius 3 is 2.31 bits per heavy atom. The molecule has 0 radical (unpaired) electrons. The molecule has 1 heterocycles. The van der Waals surface area contributed by atoms with Crippen LogP contribution >= 0.6 is 11.5 Å². The van der Waals surface area contributed by atoms with E-state index in [1.165, 1.54) is 11.5 Å². The lowest BCUT2D eigenvalue weighted by Gasteiger charge is -2.18. The lowest BCUT2D eigenvalue weighted by molar-refractivity contribution is 0.632. The maximum atomic E-state index is 4.39. The zero-order valence-corrected chi connectivity index (χ0v) is 9.70. The summed E-state index contributed by atoms with van der Waals surface area (Å²) >= 11 is 1.43. The molecule has 1 aromatic heterocycles. The maximum Gasteiger partial charge on any atom is 0.202 e. The Morgan fingerprint density at radius 2 is 1.92 bits per heavy atom. The molecule has 0 amide bonds. The van der Waals surface area contributed by atoms with E-state index in [2.05, 4.69) is 49.3 Å². The van der Waals surface area contributed by atoms with E-state index in [-0.39, 0.29) is 5.54 Å². The summed E-state index contributed by atoms with van der Waals surface area (Å²) in [6.45, 7) is 10.5. The highest BCUT2D eigenvalue weighted by Gasteiger charge is 2.13. The lowest BCUT2D eigenvalue weighted by Crippen LogP contribution is -2.25. The van der Waals surface area contributed by atoms with Crippen molar-refractivity contribution in [3.8, 4) is 0 Å². The van der Waals surface area contributed by atoms with Gasteiger partial charge in [-0.05, 0) is 20.8 Å². The predicted octanol–water partition coefficient (Wildman–Crippen LogP) is 2.87. The van der Waals surface area contributed by atoms with E-state index in [0.29, 0.717) is 5.92 Å². The predicted molar refractivity (Wildman–Crippen MR) is 57.4 cm³/mol. The van der Waals surface area contributed by atoms with Gasteiger partial charge in [-0.1, -0.05) is 13.8 Å². The maximum absolute atomic E-state index is 4.39. The standard InChI is InChI=1S/C9H17N3S/c1-6(2)7-10-8(13-12-7)11-9(3,4)5/h6H,1-5H3,(H,10,11,12). The summed E-state index contributed by atoms with van der Waals surface area (Å²) in [6.07, 6.45) is 0. The molecule has 13 heavy (non-hydrogen) atoms. The Balaban J connectivity index is 2.70. The Hall–Kier alpha value is -0.640. The molecule has 0 aliphatic rings. The molecular formula is C9H17N3S. The van der Waals surface area contributed by atoms with Gasteiger partial charge >= 0.3 is 0 Å². The molecular weight excluding hydrogens is 182 g/mol. The molecule has 0 spiro atoms. The van der Waals surface area contributed by atoms with E-state index < -0.39 is 0 Å². The van der Waals surface area contributed by atoms with Gasteiger partial charge in [-0.15, -0.1) is 0 Å². The Morgan fingerprint density at radius 1 is 1.31 bits per heavy atom. The van der Waals surface area contributed by atoms with Crippen LogP contribution in [-0.2, 0) is 0 Å². The van der Waals surface area contributed by atoms with Crippen molar-refractivity contribution in [2.75, 3.05) is 5.32 Å². The van der Waals surface area contributed by atoms with E-state index in [1.807, 2.05) is 0 Å². The van der Waals surface area contributed by atoms with Gasteiger partial charge in [0.2, 0.25) is 5.13 Å². The van der Waals surface area contributed by atoms with Crippen LogP contribution < -0.4 is 5.32 Å². The highest BCUT2D eigenvalue weighted by molar-refractivity contribution is 7.09. The van der Waals surface area contributed by atoms with Gasteiger partial charge in [-0.3, -0.25) is 0 Å². The average molecular weight is 199 g/mol. The van der Waals surface area contributed by atoms with Gasteiger partial charge in [0.1, 0.15) is 5.82 Å². The van der Waals surface area contributed by atoms with Crippen LogP contribution in [0, 0.1) is 0 Å².